The van der Waals surface area contributed by atoms with Crippen LogP contribution in [0.3, 0.4) is 0 Å². The SMILES string of the molecule is CNC(C)c1ccc(NC(=O)Nc2ccc(F)cc2)cc1. The molecule has 5 heteroatoms. The monoisotopic (exact) mass is 287 g/mol. The van der Waals surface area contributed by atoms with E-state index >= 15 is 0 Å². The van der Waals surface area contributed by atoms with Crippen molar-refractivity contribution < 1.29 is 9.18 Å². The highest BCUT2D eigenvalue weighted by molar-refractivity contribution is 5.99. The van der Waals surface area contributed by atoms with Crippen molar-refractivity contribution in [1.29, 1.82) is 0 Å². The average Bonchev–Trinajstić information content (AvgIpc) is 2.49. The fourth-order valence-electron chi connectivity index (χ4n) is 1.85. The standard InChI is InChI=1S/C16H18FN3O/c1-11(18-2)12-3-7-14(8-4-12)19-16(21)20-15-9-5-13(17)6-10-15/h3-11,18H,1-2H3,(H2,19,20,21). The third-order valence-electron chi connectivity index (χ3n) is 3.20. The molecular weight excluding hydrogens is 269 g/mol. The molecule has 110 valence electrons. The van der Waals surface area contributed by atoms with Crippen LogP contribution in [0.2, 0.25) is 0 Å². The molecule has 0 aliphatic heterocycles. The molecule has 0 heterocycles. The molecule has 2 amide bonds. The van der Waals surface area contributed by atoms with Gasteiger partial charge < -0.3 is 16.0 Å². The summed E-state index contributed by atoms with van der Waals surface area (Å²) in [5.41, 5.74) is 2.37. The van der Waals surface area contributed by atoms with Gasteiger partial charge in [-0.05, 0) is 55.9 Å². The minimum atomic E-state index is -0.365. The van der Waals surface area contributed by atoms with E-state index in [1.165, 1.54) is 24.3 Å². The van der Waals surface area contributed by atoms with Gasteiger partial charge in [0.2, 0.25) is 0 Å². The van der Waals surface area contributed by atoms with Gasteiger partial charge in [-0.15, -0.1) is 0 Å². The van der Waals surface area contributed by atoms with Crippen LogP contribution in [-0.2, 0) is 0 Å². The first-order chi connectivity index (χ1) is 10.1. The van der Waals surface area contributed by atoms with Gasteiger partial charge in [-0.3, -0.25) is 0 Å². The van der Waals surface area contributed by atoms with Crippen LogP contribution in [-0.4, -0.2) is 13.1 Å². The number of hydrogen-bond donors (Lipinski definition) is 3. The summed E-state index contributed by atoms with van der Waals surface area (Å²) in [4.78, 5) is 11.8. The Balaban J connectivity index is 1.94. The largest absolute Gasteiger partial charge is 0.323 e. The van der Waals surface area contributed by atoms with Gasteiger partial charge in [0.05, 0.1) is 0 Å². The predicted octanol–water partition coefficient (Wildman–Crippen LogP) is 3.75. The molecule has 0 bridgehead atoms. The Morgan fingerprint density at radius 1 is 0.952 bits per heavy atom. The molecule has 21 heavy (non-hydrogen) atoms. The van der Waals surface area contributed by atoms with E-state index in [9.17, 15) is 9.18 Å². The molecular formula is C16H18FN3O. The third-order valence-corrected chi connectivity index (χ3v) is 3.20. The van der Waals surface area contributed by atoms with E-state index in [1.54, 1.807) is 0 Å². The van der Waals surface area contributed by atoms with Crippen molar-refractivity contribution in [3.8, 4) is 0 Å². The maximum atomic E-state index is 12.8. The summed E-state index contributed by atoms with van der Waals surface area (Å²) in [5.74, 6) is -0.338. The maximum absolute atomic E-state index is 12.8. The minimum absolute atomic E-state index is 0.257. The van der Waals surface area contributed by atoms with E-state index in [-0.39, 0.29) is 17.9 Å². The molecule has 1 unspecified atom stereocenters. The van der Waals surface area contributed by atoms with Crippen LogP contribution >= 0.6 is 0 Å². The van der Waals surface area contributed by atoms with Crippen molar-refractivity contribution >= 4 is 17.4 Å². The minimum Gasteiger partial charge on any atom is -0.313 e. The van der Waals surface area contributed by atoms with Crippen molar-refractivity contribution in [1.82, 2.24) is 5.32 Å². The van der Waals surface area contributed by atoms with Crippen molar-refractivity contribution in [3.63, 3.8) is 0 Å². The zero-order valence-electron chi connectivity index (χ0n) is 12.0. The van der Waals surface area contributed by atoms with Gasteiger partial charge in [0.25, 0.3) is 0 Å². The van der Waals surface area contributed by atoms with Crippen molar-refractivity contribution in [2.24, 2.45) is 0 Å². The molecule has 2 aromatic carbocycles. The van der Waals surface area contributed by atoms with Crippen LogP contribution in [0.4, 0.5) is 20.6 Å². The molecule has 0 saturated heterocycles. The van der Waals surface area contributed by atoms with E-state index in [0.29, 0.717) is 11.4 Å². The Kier molecular flexibility index (Phi) is 4.90. The second kappa shape index (κ2) is 6.85. The van der Waals surface area contributed by atoms with Gasteiger partial charge in [-0.2, -0.15) is 0 Å². The van der Waals surface area contributed by atoms with Gasteiger partial charge in [-0.25, -0.2) is 9.18 Å². The number of halogens is 1. The van der Waals surface area contributed by atoms with Gasteiger partial charge in [0.1, 0.15) is 5.82 Å². The van der Waals surface area contributed by atoms with E-state index in [2.05, 4.69) is 22.9 Å². The van der Waals surface area contributed by atoms with E-state index in [0.717, 1.165) is 5.56 Å². The lowest BCUT2D eigenvalue weighted by atomic mass is 10.1. The normalized spacial score (nSPS) is 11.8. The molecule has 2 aromatic rings. The quantitative estimate of drug-likeness (QED) is 0.802. The molecule has 0 radical (unpaired) electrons. The first kappa shape index (κ1) is 15.0. The lowest BCUT2D eigenvalue weighted by molar-refractivity contribution is 0.262. The highest BCUT2D eigenvalue weighted by Crippen LogP contribution is 2.16. The molecule has 4 nitrogen and oxygen atoms in total. The molecule has 0 spiro atoms. The molecule has 0 aliphatic rings. The summed E-state index contributed by atoms with van der Waals surface area (Å²) in [6, 6.07) is 13.1. The Labute approximate surface area is 123 Å². The van der Waals surface area contributed by atoms with Crippen LogP contribution in [0.5, 0.6) is 0 Å². The van der Waals surface area contributed by atoms with Crippen molar-refractivity contribution in [3.05, 3.63) is 59.9 Å². The first-order valence-corrected chi connectivity index (χ1v) is 6.69. The number of nitrogens with one attached hydrogen (secondary N) is 3. The van der Waals surface area contributed by atoms with Crippen LogP contribution in [0.1, 0.15) is 18.5 Å². The summed E-state index contributed by atoms with van der Waals surface area (Å²) < 4.78 is 12.8. The number of carbonyl (C=O) groups is 1. The molecule has 0 aliphatic carbocycles. The fraction of sp³-hybridized carbons (Fsp3) is 0.188. The Bertz CT molecular complexity index is 596. The zero-order chi connectivity index (χ0) is 15.2. The van der Waals surface area contributed by atoms with Crippen LogP contribution < -0.4 is 16.0 Å². The number of anilines is 2. The van der Waals surface area contributed by atoms with E-state index in [4.69, 9.17) is 0 Å². The predicted molar refractivity (Wildman–Crippen MR) is 83.0 cm³/mol. The van der Waals surface area contributed by atoms with Crippen LogP contribution in [0.25, 0.3) is 0 Å². The summed E-state index contributed by atoms with van der Waals surface area (Å²) in [6.45, 7) is 2.06. The maximum Gasteiger partial charge on any atom is 0.323 e. The summed E-state index contributed by atoms with van der Waals surface area (Å²) >= 11 is 0. The van der Waals surface area contributed by atoms with Gasteiger partial charge in [0.15, 0.2) is 0 Å². The molecule has 0 fully saturated rings. The molecule has 0 saturated carbocycles. The van der Waals surface area contributed by atoms with Crippen LogP contribution in [0, 0.1) is 5.82 Å². The third kappa shape index (κ3) is 4.29. The Morgan fingerprint density at radius 2 is 1.43 bits per heavy atom. The Morgan fingerprint density at radius 3 is 1.90 bits per heavy atom. The number of urea groups is 1. The number of rotatable bonds is 4. The van der Waals surface area contributed by atoms with Crippen molar-refractivity contribution in [2.45, 2.75) is 13.0 Å². The average molecular weight is 287 g/mol. The second-order valence-electron chi connectivity index (χ2n) is 4.72. The summed E-state index contributed by atoms with van der Waals surface area (Å²) in [5, 5.41) is 8.51. The highest BCUT2D eigenvalue weighted by Gasteiger charge is 2.05. The van der Waals surface area contributed by atoms with Crippen LogP contribution in [0.15, 0.2) is 48.5 Å². The molecule has 0 aromatic heterocycles. The van der Waals surface area contributed by atoms with Gasteiger partial charge >= 0.3 is 6.03 Å². The zero-order valence-corrected chi connectivity index (χ0v) is 12.0. The molecule has 2 rings (SSSR count). The highest BCUT2D eigenvalue weighted by atomic mass is 19.1. The van der Waals surface area contributed by atoms with Crippen molar-refractivity contribution in [2.75, 3.05) is 17.7 Å². The number of benzene rings is 2. The fourth-order valence-corrected chi connectivity index (χ4v) is 1.85. The van der Waals surface area contributed by atoms with E-state index < -0.39 is 0 Å². The van der Waals surface area contributed by atoms with E-state index in [1.807, 2.05) is 31.3 Å². The van der Waals surface area contributed by atoms with Gasteiger partial charge in [-0.1, -0.05) is 12.1 Å². The number of amides is 2. The summed E-state index contributed by atoms with van der Waals surface area (Å²) in [7, 11) is 1.90. The lowest BCUT2D eigenvalue weighted by Gasteiger charge is -2.12. The first-order valence-electron chi connectivity index (χ1n) is 6.69. The van der Waals surface area contributed by atoms with Gasteiger partial charge in [0, 0.05) is 17.4 Å². The molecule has 1 atom stereocenters. The second-order valence-corrected chi connectivity index (χ2v) is 4.72. The topological polar surface area (TPSA) is 53.2 Å². The smallest absolute Gasteiger partial charge is 0.313 e. The summed E-state index contributed by atoms with van der Waals surface area (Å²) in [6.07, 6.45) is 0. The molecule has 3 N–H and O–H groups in total. The lowest BCUT2D eigenvalue weighted by Crippen LogP contribution is -2.19. The Hall–Kier alpha value is -2.40. The number of carbonyl (C=O) groups excluding carboxylic acids is 1. The number of hydrogen-bond acceptors (Lipinski definition) is 2.